The van der Waals surface area contributed by atoms with Crippen LogP contribution in [-0.2, 0) is 10.0 Å². The molecule has 0 aromatic heterocycles. The Morgan fingerprint density at radius 2 is 1.63 bits per heavy atom. The number of rotatable bonds is 5. The fraction of sp³-hybridized carbons (Fsp3) is 0.0952. The fourth-order valence-electron chi connectivity index (χ4n) is 2.95. The smallest absolute Gasteiger partial charge is 0.207 e. The van der Waals surface area contributed by atoms with Crippen molar-refractivity contribution in [3.8, 4) is 6.07 Å². The molecule has 27 heavy (non-hydrogen) atoms. The summed E-state index contributed by atoms with van der Waals surface area (Å²) in [5.41, 5.74) is 2.00. The molecule has 0 radical (unpaired) electrons. The molecule has 1 unspecified atom stereocenters. The van der Waals surface area contributed by atoms with Crippen molar-refractivity contribution in [2.24, 2.45) is 0 Å². The maximum absolute atomic E-state index is 13.3. The third kappa shape index (κ3) is 3.96. The predicted octanol–water partition coefficient (Wildman–Crippen LogP) is 4.73. The first-order valence-corrected chi connectivity index (χ1v) is 10.5. The van der Waals surface area contributed by atoms with Crippen LogP contribution in [0, 0.1) is 11.3 Å². The second-order valence-electron chi connectivity index (χ2n) is 6.00. The van der Waals surface area contributed by atoms with Crippen molar-refractivity contribution >= 4 is 26.0 Å². The van der Waals surface area contributed by atoms with E-state index in [-0.39, 0.29) is 4.90 Å². The number of hydrogen-bond donors (Lipinski definition) is 0. The maximum Gasteiger partial charge on any atom is 0.243 e. The number of nitriles is 1. The Morgan fingerprint density at radius 1 is 0.963 bits per heavy atom. The van der Waals surface area contributed by atoms with E-state index < -0.39 is 16.1 Å². The molecule has 3 rings (SSSR count). The first-order chi connectivity index (χ1) is 12.9. The Balaban J connectivity index is 2.15. The van der Waals surface area contributed by atoms with E-state index in [1.807, 2.05) is 60.7 Å². The molecule has 1 atom stereocenters. The lowest BCUT2D eigenvalue weighted by molar-refractivity contribution is 0.417. The average Bonchev–Trinajstić information content (AvgIpc) is 2.70. The molecule has 3 aromatic rings. The lowest BCUT2D eigenvalue weighted by atomic mass is 9.99. The average molecular weight is 441 g/mol. The molecule has 0 amide bonds. The highest BCUT2D eigenvalue weighted by Gasteiger charge is 2.31. The molecular formula is C21H17BrN2O2S. The molecule has 0 aliphatic heterocycles. The van der Waals surface area contributed by atoms with Gasteiger partial charge in [0.1, 0.15) is 0 Å². The van der Waals surface area contributed by atoms with Gasteiger partial charge in [-0.3, -0.25) is 0 Å². The van der Waals surface area contributed by atoms with E-state index in [9.17, 15) is 8.42 Å². The highest BCUT2D eigenvalue weighted by atomic mass is 79.9. The molecule has 3 aromatic carbocycles. The Hall–Kier alpha value is -2.46. The summed E-state index contributed by atoms with van der Waals surface area (Å²) in [4.78, 5) is 0.0945. The number of nitrogens with zero attached hydrogens (tertiary/aromatic N) is 2. The molecule has 136 valence electrons. The van der Waals surface area contributed by atoms with Crippen LogP contribution in [0.25, 0.3) is 0 Å². The zero-order valence-corrected chi connectivity index (χ0v) is 17.0. The van der Waals surface area contributed by atoms with Gasteiger partial charge in [-0.1, -0.05) is 70.5 Å². The Labute approximate surface area is 167 Å². The molecule has 6 heteroatoms. The number of benzene rings is 3. The summed E-state index contributed by atoms with van der Waals surface area (Å²) in [6.07, 6.45) is 0. The zero-order valence-electron chi connectivity index (χ0n) is 14.6. The van der Waals surface area contributed by atoms with E-state index >= 15 is 0 Å². The normalized spacial score (nSPS) is 12.5. The minimum absolute atomic E-state index is 0.0945. The monoisotopic (exact) mass is 440 g/mol. The van der Waals surface area contributed by atoms with Crippen LogP contribution in [-0.4, -0.2) is 19.8 Å². The second kappa shape index (κ2) is 8.05. The fourth-order valence-corrected chi connectivity index (χ4v) is 4.82. The van der Waals surface area contributed by atoms with E-state index in [0.717, 1.165) is 15.6 Å². The van der Waals surface area contributed by atoms with Crippen LogP contribution in [0.4, 0.5) is 0 Å². The van der Waals surface area contributed by atoms with Gasteiger partial charge >= 0.3 is 0 Å². The van der Waals surface area contributed by atoms with E-state index in [2.05, 4.69) is 15.9 Å². The van der Waals surface area contributed by atoms with Gasteiger partial charge in [0, 0.05) is 11.5 Å². The molecule has 0 saturated carbocycles. The van der Waals surface area contributed by atoms with Crippen molar-refractivity contribution in [1.29, 1.82) is 5.26 Å². The van der Waals surface area contributed by atoms with E-state index in [4.69, 9.17) is 5.26 Å². The van der Waals surface area contributed by atoms with Crippen LogP contribution >= 0.6 is 15.9 Å². The van der Waals surface area contributed by atoms with Gasteiger partial charge in [-0.15, -0.1) is 0 Å². The van der Waals surface area contributed by atoms with Crippen molar-refractivity contribution in [3.05, 3.63) is 100 Å². The van der Waals surface area contributed by atoms with Gasteiger partial charge in [0.2, 0.25) is 10.0 Å². The van der Waals surface area contributed by atoms with Gasteiger partial charge in [0.05, 0.1) is 22.6 Å². The third-order valence-electron chi connectivity index (χ3n) is 4.32. The zero-order chi connectivity index (χ0) is 19.4. The van der Waals surface area contributed by atoms with Gasteiger partial charge in [-0.2, -0.15) is 9.57 Å². The molecule has 0 fully saturated rings. The minimum atomic E-state index is -3.82. The van der Waals surface area contributed by atoms with Crippen LogP contribution in [0.3, 0.4) is 0 Å². The summed E-state index contributed by atoms with van der Waals surface area (Å²) in [5.74, 6) is 0. The first-order valence-electron chi connectivity index (χ1n) is 8.22. The highest BCUT2D eigenvalue weighted by molar-refractivity contribution is 9.10. The molecule has 0 heterocycles. The topological polar surface area (TPSA) is 61.2 Å². The third-order valence-corrected chi connectivity index (χ3v) is 6.86. The van der Waals surface area contributed by atoms with Gasteiger partial charge in [0.25, 0.3) is 0 Å². The van der Waals surface area contributed by atoms with Crippen molar-refractivity contribution in [2.75, 3.05) is 7.05 Å². The Morgan fingerprint density at radius 3 is 2.30 bits per heavy atom. The summed E-state index contributed by atoms with van der Waals surface area (Å²) < 4.78 is 28.8. The Kier molecular flexibility index (Phi) is 5.76. The Bertz CT molecular complexity index is 1090. The predicted molar refractivity (Wildman–Crippen MR) is 109 cm³/mol. The van der Waals surface area contributed by atoms with Crippen LogP contribution in [0.1, 0.15) is 22.7 Å². The molecule has 0 spiro atoms. The SMILES string of the molecule is CN(C(c1ccccc1)c1ccccc1Br)S(=O)(=O)c1cccc(C#N)c1. The van der Waals surface area contributed by atoms with Gasteiger partial charge in [0.15, 0.2) is 0 Å². The van der Waals surface area contributed by atoms with Gasteiger partial charge < -0.3 is 0 Å². The molecule has 0 saturated heterocycles. The van der Waals surface area contributed by atoms with Crippen LogP contribution in [0.15, 0.2) is 88.2 Å². The summed E-state index contributed by atoms with van der Waals surface area (Å²) in [7, 11) is -2.26. The second-order valence-corrected chi connectivity index (χ2v) is 8.85. The summed E-state index contributed by atoms with van der Waals surface area (Å²) in [5, 5.41) is 9.10. The lowest BCUT2D eigenvalue weighted by Gasteiger charge is -2.29. The molecule has 4 nitrogen and oxygen atoms in total. The molecule has 0 bridgehead atoms. The van der Waals surface area contributed by atoms with Crippen molar-refractivity contribution < 1.29 is 8.42 Å². The quantitative estimate of drug-likeness (QED) is 0.575. The summed E-state index contributed by atoms with van der Waals surface area (Å²) in [6.45, 7) is 0. The molecule has 0 N–H and O–H groups in total. The lowest BCUT2D eigenvalue weighted by Crippen LogP contribution is -2.32. The van der Waals surface area contributed by atoms with Crippen LogP contribution in [0.2, 0.25) is 0 Å². The largest absolute Gasteiger partial charge is 0.243 e. The van der Waals surface area contributed by atoms with E-state index in [1.54, 1.807) is 19.2 Å². The molecule has 0 aliphatic rings. The first kappa shape index (κ1) is 19.3. The minimum Gasteiger partial charge on any atom is -0.207 e. The summed E-state index contributed by atoms with van der Waals surface area (Å²) >= 11 is 3.54. The molecule has 0 aliphatic carbocycles. The molecular weight excluding hydrogens is 424 g/mol. The van der Waals surface area contributed by atoms with Crippen LogP contribution < -0.4 is 0 Å². The number of halogens is 1. The number of sulfonamides is 1. The van der Waals surface area contributed by atoms with Gasteiger partial charge in [-0.25, -0.2) is 8.42 Å². The van der Waals surface area contributed by atoms with Crippen LogP contribution in [0.5, 0.6) is 0 Å². The highest BCUT2D eigenvalue weighted by Crippen LogP contribution is 2.35. The maximum atomic E-state index is 13.3. The van der Waals surface area contributed by atoms with Crippen molar-refractivity contribution in [3.63, 3.8) is 0 Å². The van der Waals surface area contributed by atoms with Gasteiger partial charge in [-0.05, 0) is 35.4 Å². The number of hydrogen-bond acceptors (Lipinski definition) is 3. The van der Waals surface area contributed by atoms with E-state index in [0.29, 0.717) is 5.56 Å². The van der Waals surface area contributed by atoms with E-state index in [1.165, 1.54) is 16.4 Å². The van der Waals surface area contributed by atoms with Crippen molar-refractivity contribution in [2.45, 2.75) is 10.9 Å². The summed E-state index contributed by atoms with van der Waals surface area (Å²) in [6, 6.07) is 24.6. The standard InChI is InChI=1S/C21H17BrN2O2S/c1-24(27(25,26)18-11-7-8-16(14-18)15-23)21(17-9-3-2-4-10-17)19-12-5-6-13-20(19)22/h2-14,21H,1H3. The van der Waals surface area contributed by atoms with Crippen molar-refractivity contribution in [1.82, 2.24) is 4.31 Å².